The Hall–Kier alpha value is -1.03. The molecule has 15 heavy (non-hydrogen) atoms. The van der Waals surface area contributed by atoms with Crippen LogP contribution in [0.1, 0.15) is 25.5 Å². The van der Waals surface area contributed by atoms with Crippen LogP contribution in [0.2, 0.25) is 0 Å². The van der Waals surface area contributed by atoms with Crippen LogP contribution in [0.4, 0.5) is 0 Å². The van der Waals surface area contributed by atoms with E-state index in [9.17, 15) is 0 Å². The molecule has 0 aliphatic carbocycles. The fourth-order valence-electron chi connectivity index (χ4n) is 1.56. The Morgan fingerprint density at radius 2 is 2.13 bits per heavy atom. The van der Waals surface area contributed by atoms with E-state index in [1.54, 1.807) is 7.11 Å². The first kappa shape index (κ1) is 10.5. The molecule has 0 saturated carbocycles. The van der Waals surface area contributed by atoms with Gasteiger partial charge in [0.2, 0.25) is 5.88 Å². The molecule has 2 rings (SSSR count). The molecule has 0 saturated heterocycles. The summed E-state index contributed by atoms with van der Waals surface area (Å²) in [6, 6.07) is 5.88. The normalized spacial score (nSPS) is 11.3. The van der Waals surface area contributed by atoms with E-state index in [2.05, 4.69) is 34.9 Å². The largest absolute Gasteiger partial charge is 0.481 e. The van der Waals surface area contributed by atoms with Crippen molar-refractivity contribution in [3.05, 3.63) is 28.4 Å². The Labute approximate surface area is 97.2 Å². The third-order valence-electron chi connectivity index (χ3n) is 2.34. The van der Waals surface area contributed by atoms with Crippen molar-refractivity contribution in [3.8, 4) is 5.88 Å². The van der Waals surface area contributed by atoms with Crippen molar-refractivity contribution in [1.82, 2.24) is 9.61 Å². The lowest BCUT2D eigenvalue weighted by Gasteiger charge is -2.01. The van der Waals surface area contributed by atoms with Crippen molar-refractivity contribution >= 4 is 21.4 Å². The molecule has 0 atom stereocenters. The average molecular weight is 269 g/mol. The van der Waals surface area contributed by atoms with Crippen LogP contribution in [0.25, 0.3) is 5.52 Å². The van der Waals surface area contributed by atoms with Crippen molar-refractivity contribution in [2.45, 2.75) is 19.8 Å². The highest BCUT2D eigenvalue weighted by Crippen LogP contribution is 2.30. The summed E-state index contributed by atoms with van der Waals surface area (Å²) in [5.74, 6) is 1.14. The minimum absolute atomic E-state index is 0.393. The molecular weight excluding hydrogens is 256 g/mol. The van der Waals surface area contributed by atoms with Gasteiger partial charge in [-0.05, 0) is 27.9 Å². The van der Waals surface area contributed by atoms with Gasteiger partial charge in [0.1, 0.15) is 0 Å². The van der Waals surface area contributed by atoms with Gasteiger partial charge in [-0.3, -0.25) is 0 Å². The van der Waals surface area contributed by atoms with Crippen LogP contribution in [-0.4, -0.2) is 16.7 Å². The van der Waals surface area contributed by atoms with Gasteiger partial charge in [0, 0.05) is 6.07 Å². The zero-order chi connectivity index (χ0) is 11.0. The highest BCUT2D eigenvalue weighted by atomic mass is 79.9. The summed E-state index contributed by atoms with van der Waals surface area (Å²) in [6.45, 7) is 4.25. The number of fused-ring (bicyclic) bond motifs is 1. The fourth-order valence-corrected chi connectivity index (χ4v) is 2.39. The SMILES string of the molecule is COc1cccc2c(Br)c(C(C)C)nn12. The summed E-state index contributed by atoms with van der Waals surface area (Å²) in [6.07, 6.45) is 0. The Morgan fingerprint density at radius 3 is 2.73 bits per heavy atom. The van der Waals surface area contributed by atoms with Crippen LogP contribution >= 0.6 is 15.9 Å². The number of rotatable bonds is 2. The van der Waals surface area contributed by atoms with Gasteiger partial charge >= 0.3 is 0 Å². The zero-order valence-electron chi connectivity index (χ0n) is 8.99. The van der Waals surface area contributed by atoms with E-state index in [1.807, 2.05) is 22.7 Å². The van der Waals surface area contributed by atoms with E-state index in [0.717, 1.165) is 21.6 Å². The number of pyridine rings is 1. The average Bonchev–Trinajstić information content (AvgIpc) is 2.56. The Kier molecular flexibility index (Phi) is 2.69. The molecule has 0 spiro atoms. The Morgan fingerprint density at radius 1 is 1.40 bits per heavy atom. The number of nitrogens with zero attached hydrogens (tertiary/aromatic N) is 2. The Bertz CT molecular complexity index is 491. The van der Waals surface area contributed by atoms with E-state index in [1.165, 1.54) is 0 Å². The van der Waals surface area contributed by atoms with Crippen LogP contribution < -0.4 is 4.74 Å². The maximum absolute atomic E-state index is 5.26. The zero-order valence-corrected chi connectivity index (χ0v) is 10.6. The standard InChI is InChI=1S/C11H13BrN2O/c1-7(2)11-10(12)8-5-4-6-9(15-3)14(8)13-11/h4-7H,1-3H3. The third kappa shape index (κ3) is 1.63. The van der Waals surface area contributed by atoms with Crippen LogP contribution in [-0.2, 0) is 0 Å². The van der Waals surface area contributed by atoms with Gasteiger partial charge < -0.3 is 4.74 Å². The molecule has 0 bridgehead atoms. The lowest BCUT2D eigenvalue weighted by molar-refractivity contribution is 0.385. The third-order valence-corrected chi connectivity index (χ3v) is 3.16. The van der Waals surface area contributed by atoms with Gasteiger partial charge in [-0.1, -0.05) is 19.9 Å². The first-order valence-corrected chi connectivity index (χ1v) is 5.65. The van der Waals surface area contributed by atoms with E-state index in [4.69, 9.17) is 4.74 Å². The molecule has 0 aliphatic heterocycles. The van der Waals surface area contributed by atoms with Crippen LogP contribution in [0.3, 0.4) is 0 Å². The van der Waals surface area contributed by atoms with Crippen LogP contribution in [0, 0.1) is 0 Å². The van der Waals surface area contributed by atoms with Gasteiger partial charge in [-0.15, -0.1) is 0 Å². The lowest BCUT2D eigenvalue weighted by atomic mass is 10.1. The second kappa shape index (κ2) is 3.85. The summed E-state index contributed by atoms with van der Waals surface area (Å²) >= 11 is 3.58. The van der Waals surface area contributed by atoms with E-state index >= 15 is 0 Å². The summed E-state index contributed by atoms with van der Waals surface area (Å²) in [5.41, 5.74) is 2.09. The van der Waals surface area contributed by atoms with E-state index in [-0.39, 0.29) is 0 Å². The maximum atomic E-state index is 5.26. The predicted molar refractivity (Wildman–Crippen MR) is 63.5 cm³/mol. The van der Waals surface area contributed by atoms with E-state index < -0.39 is 0 Å². The van der Waals surface area contributed by atoms with Gasteiger partial charge in [-0.25, -0.2) is 0 Å². The molecule has 0 fully saturated rings. The number of aromatic nitrogens is 2. The maximum Gasteiger partial charge on any atom is 0.214 e. The molecule has 4 heteroatoms. The predicted octanol–water partition coefficient (Wildman–Crippen LogP) is 3.23. The summed E-state index contributed by atoms with van der Waals surface area (Å²) < 4.78 is 8.13. The molecule has 2 heterocycles. The number of ether oxygens (including phenoxy) is 1. The van der Waals surface area contributed by atoms with Gasteiger partial charge in [0.15, 0.2) is 0 Å². The second-order valence-corrected chi connectivity index (χ2v) is 4.51. The molecule has 0 aromatic carbocycles. The minimum atomic E-state index is 0.393. The molecule has 0 radical (unpaired) electrons. The number of hydrogen-bond acceptors (Lipinski definition) is 2. The molecule has 0 N–H and O–H groups in total. The van der Waals surface area contributed by atoms with Gasteiger partial charge in [0.05, 0.1) is 22.8 Å². The van der Waals surface area contributed by atoms with E-state index in [0.29, 0.717) is 5.92 Å². The number of halogens is 1. The van der Waals surface area contributed by atoms with Crippen molar-refractivity contribution in [2.75, 3.05) is 7.11 Å². The molecular formula is C11H13BrN2O. The lowest BCUT2D eigenvalue weighted by Crippen LogP contribution is -1.96. The summed E-state index contributed by atoms with van der Waals surface area (Å²) in [4.78, 5) is 0. The quantitative estimate of drug-likeness (QED) is 0.836. The second-order valence-electron chi connectivity index (χ2n) is 3.72. The Balaban J connectivity index is 2.75. The molecule has 2 aromatic rings. The first-order valence-electron chi connectivity index (χ1n) is 4.86. The minimum Gasteiger partial charge on any atom is -0.481 e. The summed E-state index contributed by atoms with van der Waals surface area (Å²) in [7, 11) is 1.65. The van der Waals surface area contributed by atoms with Gasteiger partial charge in [0.25, 0.3) is 0 Å². The first-order chi connectivity index (χ1) is 7.15. The number of hydrogen-bond donors (Lipinski definition) is 0. The van der Waals surface area contributed by atoms with Gasteiger partial charge in [-0.2, -0.15) is 9.61 Å². The highest BCUT2D eigenvalue weighted by Gasteiger charge is 2.14. The topological polar surface area (TPSA) is 26.5 Å². The molecule has 3 nitrogen and oxygen atoms in total. The molecule has 2 aromatic heterocycles. The highest BCUT2D eigenvalue weighted by molar-refractivity contribution is 9.10. The number of methoxy groups -OCH3 is 1. The van der Waals surface area contributed by atoms with Crippen LogP contribution in [0.15, 0.2) is 22.7 Å². The summed E-state index contributed by atoms with van der Waals surface area (Å²) in [5, 5.41) is 4.53. The van der Waals surface area contributed by atoms with Crippen LogP contribution in [0.5, 0.6) is 5.88 Å². The molecule has 0 aliphatic rings. The molecule has 0 unspecified atom stereocenters. The molecule has 80 valence electrons. The fraction of sp³-hybridized carbons (Fsp3) is 0.364. The monoisotopic (exact) mass is 268 g/mol. The van der Waals surface area contributed by atoms with Crippen molar-refractivity contribution in [1.29, 1.82) is 0 Å². The molecule has 0 amide bonds. The van der Waals surface area contributed by atoms with Crippen molar-refractivity contribution in [2.24, 2.45) is 0 Å². The van der Waals surface area contributed by atoms with Crippen molar-refractivity contribution < 1.29 is 4.74 Å². The van der Waals surface area contributed by atoms with Crippen molar-refractivity contribution in [3.63, 3.8) is 0 Å². The smallest absolute Gasteiger partial charge is 0.214 e.